The summed E-state index contributed by atoms with van der Waals surface area (Å²) in [5, 5.41) is 0. The van der Waals surface area contributed by atoms with Crippen molar-refractivity contribution in [1.82, 2.24) is 0 Å². The minimum absolute atomic E-state index is 0.151. The molecule has 0 aromatic heterocycles. The lowest BCUT2D eigenvalue weighted by Crippen LogP contribution is -1.91. The van der Waals surface area contributed by atoms with E-state index in [-0.39, 0.29) is 12.6 Å². The minimum Gasteiger partial charge on any atom is -0.469 e. The standard InChI is InChI=1S/C6H10O2/c1-4-5-8-6(2)7-3/h4H,1-2,5H2,3H3/i1D,2D. The molecule has 0 bridgehead atoms. The van der Waals surface area contributed by atoms with Gasteiger partial charge >= 0.3 is 0 Å². The second-order valence-electron chi connectivity index (χ2n) is 1.07. The summed E-state index contributed by atoms with van der Waals surface area (Å²) in [6.45, 7) is 2.36. The average molecular weight is 116 g/mol. The van der Waals surface area contributed by atoms with Crippen LogP contribution in [0.5, 0.6) is 0 Å². The highest BCUT2D eigenvalue weighted by atomic mass is 16.7. The Morgan fingerprint density at radius 2 is 2.88 bits per heavy atom. The molecule has 0 aromatic rings. The first kappa shape index (κ1) is 4.01. The maximum Gasteiger partial charge on any atom is 0.271 e. The van der Waals surface area contributed by atoms with Crippen LogP contribution in [0.2, 0.25) is 0 Å². The van der Waals surface area contributed by atoms with Crippen molar-refractivity contribution >= 4 is 0 Å². The third kappa shape index (κ3) is 3.28. The van der Waals surface area contributed by atoms with Crippen molar-refractivity contribution in [2.75, 3.05) is 13.7 Å². The van der Waals surface area contributed by atoms with Crippen molar-refractivity contribution in [3.05, 3.63) is 25.1 Å². The van der Waals surface area contributed by atoms with Crippen LogP contribution in [0.15, 0.2) is 25.1 Å². The van der Waals surface area contributed by atoms with Crippen molar-refractivity contribution in [1.29, 1.82) is 0 Å². The van der Waals surface area contributed by atoms with Gasteiger partial charge in [-0.1, -0.05) is 12.6 Å². The molecule has 0 saturated carbocycles. The quantitative estimate of drug-likeness (QED) is 0.407. The number of methoxy groups -OCH3 is 1. The lowest BCUT2D eigenvalue weighted by Gasteiger charge is -2.02. The van der Waals surface area contributed by atoms with Crippen LogP contribution in [0.3, 0.4) is 0 Å². The Labute approximate surface area is 52.2 Å². The fourth-order valence-corrected chi connectivity index (χ4v) is 0.189. The first-order chi connectivity index (χ1) is 4.85. The Morgan fingerprint density at radius 3 is 3.38 bits per heavy atom. The maximum atomic E-state index is 6.71. The number of rotatable bonds is 4. The lowest BCUT2D eigenvalue weighted by atomic mass is 10.7. The van der Waals surface area contributed by atoms with Gasteiger partial charge in [0.05, 0.1) is 9.85 Å². The normalized spacial score (nSPS) is 15.4. The summed E-state index contributed by atoms with van der Waals surface area (Å²) in [5.41, 5.74) is 0. The van der Waals surface area contributed by atoms with E-state index in [2.05, 4.69) is 4.74 Å². The summed E-state index contributed by atoms with van der Waals surface area (Å²) in [5.74, 6) is 0.151. The maximum absolute atomic E-state index is 6.71. The highest BCUT2D eigenvalue weighted by molar-refractivity contribution is 4.72. The molecule has 0 aliphatic heterocycles. The Balaban J connectivity index is 3.46. The average Bonchev–Trinajstić information content (AvgIpc) is 1.99. The molecule has 0 radical (unpaired) electrons. The van der Waals surface area contributed by atoms with Gasteiger partial charge in [0.2, 0.25) is 0 Å². The molecule has 0 spiro atoms. The van der Waals surface area contributed by atoms with Gasteiger partial charge in [-0.25, -0.2) is 0 Å². The van der Waals surface area contributed by atoms with E-state index in [1.54, 1.807) is 0 Å². The van der Waals surface area contributed by atoms with E-state index in [9.17, 15) is 0 Å². The molecule has 8 heavy (non-hydrogen) atoms. The van der Waals surface area contributed by atoms with Gasteiger partial charge in [-0.3, -0.25) is 0 Å². The van der Waals surface area contributed by atoms with Gasteiger partial charge in [0, 0.05) is 0 Å². The van der Waals surface area contributed by atoms with Crippen LogP contribution < -0.4 is 0 Å². The van der Waals surface area contributed by atoms with E-state index in [1.165, 1.54) is 13.2 Å². The summed E-state index contributed by atoms with van der Waals surface area (Å²) >= 11 is 0. The minimum atomic E-state index is 0.151. The molecule has 2 nitrogen and oxygen atoms in total. The molecular formula is C6H10O2. The van der Waals surface area contributed by atoms with Gasteiger partial charge in [-0.2, -0.15) is 0 Å². The molecule has 0 atom stereocenters. The Hall–Kier alpha value is -0.920. The Morgan fingerprint density at radius 1 is 2.00 bits per heavy atom. The van der Waals surface area contributed by atoms with Crippen LogP contribution in [0.1, 0.15) is 2.74 Å². The van der Waals surface area contributed by atoms with E-state index in [0.29, 0.717) is 0 Å². The van der Waals surface area contributed by atoms with Crippen LogP contribution >= 0.6 is 0 Å². The Bertz CT molecular complexity index is 132. The zero-order chi connectivity index (χ0) is 7.82. The van der Waals surface area contributed by atoms with Gasteiger partial charge in [0.15, 0.2) is 0 Å². The van der Waals surface area contributed by atoms with Crippen LogP contribution in [-0.4, -0.2) is 13.7 Å². The Kier molecular flexibility index (Phi) is 2.13. The molecule has 0 unspecified atom stereocenters. The molecule has 0 heterocycles. The third-order valence-corrected chi connectivity index (χ3v) is 0.523. The summed E-state index contributed by atoms with van der Waals surface area (Å²) in [4.78, 5) is 0. The molecule has 0 saturated heterocycles. The highest BCUT2D eigenvalue weighted by Crippen LogP contribution is 1.90. The molecular weight excluding hydrogens is 104 g/mol. The van der Waals surface area contributed by atoms with Gasteiger partial charge in [0.25, 0.3) is 5.95 Å². The lowest BCUT2D eigenvalue weighted by molar-refractivity contribution is 0.0790. The van der Waals surface area contributed by atoms with Crippen molar-refractivity contribution in [2.24, 2.45) is 0 Å². The molecule has 2 heteroatoms. The van der Waals surface area contributed by atoms with Crippen LogP contribution in [-0.2, 0) is 9.47 Å². The van der Waals surface area contributed by atoms with E-state index < -0.39 is 0 Å². The molecule has 0 aliphatic carbocycles. The fourth-order valence-electron chi connectivity index (χ4n) is 0.189. The highest BCUT2D eigenvalue weighted by Gasteiger charge is 1.84. The summed E-state index contributed by atoms with van der Waals surface area (Å²) in [6, 6.07) is 0. The third-order valence-electron chi connectivity index (χ3n) is 0.523. The second-order valence-corrected chi connectivity index (χ2v) is 1.07. The number of hydrogen-bond donors (Lipinski definition) is 0. The fraction of sp³-hybridized carbons (Fsp3) is 0.333. The molecule has 0 N–H and O–H groups in total. The molecule has 0 aromatic carbocycles. The van der Waals surface area contributed by atoms with E-state index in [1.807, 2.05) is 0 Å². The van der Waals surface area contributed by atoms with Gasteiger partial charge in [-0.05, 0) is 6.55 Å². The zero-order valence-corrected chi connectivity index (χ0v) is 4.76. The molecule has 0 aliphatic rings. The topological polar surface area (TPSA) is 18.5 Å². The largest absolute Gasteiger partial charge is 0.469 e. The smallest absolute Gasteiger partial charge is 0.271 e. The van der Waals surface area contributed by atoms with E-state index in [0.717, 1.165) is 13.1 Å². The second kappa shape index (κ2) is 4.24. The van der Waals surface area contributed by atoms with Gasteiger partial charge in [-0.15, -0.1) is 0 Å². The van der Waals surface area contributed by atoms with Crippen molar-refractivity contribution in [3.8, 4) is 0 Å². The number of ether oxygens (including phenoxy) is 2. The number of hydrogen-bond acceptors (Lipinski definition) is 2. The first-order valence-electron chi connectivity index (χ1n) is 3.29. The van der Waals surface area contributed by atoms with Crippen molar-refractivity contribution in [2.45, 2.75) is 0 Å². The SMILES string of the molecule is [2H]C=CCOC(=C[2H])OC. The first-order valence-corrected chi connectivity index (χ1v) is 2.14. The van der Waals surface area contributed by atoms with Crippen LogP contribution in [0, 0.1) is 0 Å². The van der Waals surface area contributed by atoms with E-state index in [4.69, 9.17) is 7.48 Å². The summed E-state index contributed by atoms with van der Waals surface area (Å²) in [6.07, 6.45) is 1.50. The predicted molar refractivity (Wildman–Crippen MR) is 32.3 cm³/mol. The summed E-state index contributed by atoms with van der Waals surface area (Å²) < 4.78 is 22.7. The van der Waals surface area contributed by atoms with Gasteiger partial charge in [0.1, 0.15) is 6.61 Å². The predicted octanol–water partition coefficient (Wildman–Crippen LogP) is 1.31. The monoisotopic (exact) mass is 116 g/mol. The van der Waals surface area contributed by atoms with Crippen LogP contribution in [0.4, 0.5) is 0 Å². The zero-order valence-electron chi connectivity index (χ0n) is 6.76. The molecule has 0 rings (SSSR count). The molecule has 46 valence electrons. The van der Waals surface area contributed by atoms with E-state index >= 15 is 0 Å². The van der Waals surface area contributed by atoms with Crippen molar-refractivity contribution < 1.29 is 12.2 Å². The molecule has 0 fully saturated rings. The van der Waals surface area contributed by atoms with Crippen molar-refractivity contribution in [3.63, 3.8) is 0 Å². The van der Waals surface area contributed by atoms with Crippen LogP contribution in [0.25, 0.3) is 0 Å². The molecule has 0 amide bonds. The van der Waals surface area contributed by atoms with Gasteiger partial charge < -0.3 is 9.47 Å². The summed E-state index contributed by atoms with van der Waals surface area (Å²) in [7, 11) is 1.42.